The highest BCUT2D eigenvalue weighted by atomic mass is 19.4. The first-order chi connectivity index (χ1) is 10.4. The number of alkyl halides is 3. The van der Waals surface area contributed by atoms with Crippen LogP contribution >= 0.6 is 0 Å². The number of ether oxygens (including phenoxy) is 1. The predicted octanol–water partition coefficient (Wildman–Crippen LogP) is 3.33. The number of nitrogens with zero attached hydrogens (tertiary/aromatic N) is 1. The number of hydrogen-bond acceptors (Lipinski definition) is 3. The third-order valence-electron chi connectivity index (χ3n) is 3.54. The molecule has 0 aromatic heterocycles. The fourth-order valence-corrected chi connectivity index (χ4v) is 2.38. The fourth-order valence-electron chi connectivity index (χ4n) is 2.38. The van der Waals surface area contributed by atoms with E-state index in [0.717, 1.165) is 25.0 Å². The Morgan fingerprint density at radius 2 is 2.05 bits per heavy atom. The van der Waals surface area contributed by atoms with Crippen molar-refractivity contribution in [3.8, 4) is 6.07 Å². The molecule has 118 valence electrons. The second-order valence-corrected chi connectivity index (χ2v) is 5.18. The molecule has 1 fully saturated rings. The van der Waals surface area contributed by atoms with Crippen molar-refractivity contribution in [1.29, 1.82) is 5.26 Å². The van der Waals surface area contributed by atoms with Gasteiger partial charge in [0.2, 0.25) is 5.91 Å². The van der Waals surface area contributed by atoms with Gasteiger partial charge in [0.15, 0.2) is 0 Å². The number of nitrogens with one attached hydrogen (secondary N) is 1. The fraction of sp³-hybridized carbons (Fsp3) is 0.467. The molecule has 7 heteroatoms. The Kier molecular flexibility index (Phi) is 5.03. The second-order valence-electron chi connectivity index (χ2n) is 5.18. The first kappa shape index (κ1) is 16.3. The summed E-state index contributed by atoms with van der Waals surface area (Å²) in [6.07, 6.45) is -2.83. The topological polar surface area (TPSA) is 62.1 Å². The van der Waals surface area contributed by atoms with Crippen LogP contribution in [0, 0.1) is 17.2 Å². The van der Waals surface area contributed by atoms with Gasteiger partial charge >= 0.3 is 6.18 Å². The number of nitriles is 1. The van der Waals surface area contributed by atoms with Gasteiger partial charge in [0.05, 0.1) is 17.2 Å². The summed E-state index contributed by atoms with van der Waals surface area (Å²) in [5, 5.41) is 11.2. The minimum Gasteiger partial charge on any atom is -0.381 e. The van der Waals surface area contributed by atoms with E-state index in [4.69, 9.17) is 10.00 Å². The minimum absolute atomic E-state index is 0.0448. The lowest BCUT2D eigenvalue weighted by Crippen LogP contribution is -2.22. The molecule has 0 atom stereocenters. The third-order valence-corrected chi connectivity index (χ3v) is 3.54. The molecule has 1 N–H and O–H groups in total. The zero-order chi connectivity index (χ0) is 16.2. The van der Waals surface area contributed by atoms with E-state index < -0.39 is 17.3 Å². The first-order valence-corrected chi connectivity index (χ1v) is 6.89. The van der Waals surface area contributed by atoms with Crippen molar-refractivity contribution in [2.45, 2.75) is 25.4 Å². The van der Waals surface area contributed by atoms with Gasteiger partial charge in [-0.1, -0.05) is 0 Å². The Hall–Kier alpha value is -2.07. The van der Waals surface area contributed by atoms with Crippen molar-refractivity contribution in [2.24, 2.45) is 5.92 Å². The van der Waals surface area contributed by atoms with Gasteiger partial charge < -0.3 is 10.1 Å². The first-order valence-electron chi connectivity index (χ1n) is 6.89. The molecule has 22 heavy (non-hydrogen) atoms. The summed E-state index contributed by atoms with van der Waals surface area (Å²) >= 11 is 0. The Balaban J connectivity index is 2.06. The summed E-state index contributed by atoms with van der Waals surface area (Å²) < 4.78 is 43.7. The van der Waals surface area contributed by atoms with Crippen LogP contribution in [-0.2, 0) is 15.7 Å². The molecular formula is C15H15F3N2O2. The van der Waals surface area contributed by atoms with Gasteiger partial charge in [0, 0.05) is 25.3 Å². The summed E-state index contributed by atoms with van der Waals surface area (Å²) in [4.78, 5) is 11.9. The Morgan fingerprint density at radius 3 is 2.64 bits per heavy atom. The maximum absolute atomic E-state index is 12.8. The highest BCUT2D eigenvalue weighted by Gasteiger charge is 2.34. The van der Waals surface area contributed by atoms with E-state index in [1.807, 2.05) is 0 Å². The van der Waals surface area contributed by atoms with Gasteiger partial charge in [-0.15, -0.1) is 0 Å². The zero-order valence-corrected chi connectivity index (χ0v) is 11.7. The van der Waals surface area contributed by atoms with Crippen LogP contribution in [0.2, 0.25) is 0 Å². The zero-order valence-electron chi connectivity index (χ0n) is 11.7. The number of carbonyl (C=O) groups is 1. The summed E-state index contributed by atoms with van der Waals surface area (Å²) in [6, 6.07) is 4.66. The van der Waals surface area contributed by atoms with Crippen molar-refractivity contribution in [2.75, 3.05) is 18.5 Å². The summed E-state index contributed by atoms with van der Waals surface area (Å²) in [5.41, 5.74) is -1.46. The van der Waals surface area contributed by atoms with Crippen LogP contribution in [0.15, 0.2) is 18.2 Å². The average molecular weight is 312 g/mol. The number of rotatable bonds is 3. The van der Waals surface area contributed by atoms with E-state index in [0.29, 0.717) is 13.2 Å². The van der Waals surface area contributed by atoms with Crippen molar-refractivity contribution in [3.63, 3.8) is 0 Å². The third kappa shape index (κ3) is 4.21. The molecule has 0 unspecified atom stereocenters. The normalized spacial score (nSPS) is 16.1. The molecule has 1 saturated heterocycles. The van der Waals surface area contributed by atoms with Crippen molar-refractivity contribution in [3.05, 3.63) is 29.3 Å². The van der Waals surface area contributed by atoms with Crippen LogP contribution in [-0.4, -0.2) is 19.1 Å². The SMILES string of the molecule is N#Cc1ccc(NC(=O)CC2CCOCC2)cc1C(F)(F)F. The largest absolute Gasteiger partial charge is 0.417 e. The minimum atomic E-state index is -4.63. The molecule has 1 aliphatic heterocycles. The van der Waals surface area contributed by atoms with Gasteiger partial charge in [0.25, 0.3) is 0 Å². The Bertz CT molecular complexity index is 587. The predicted molar refractivity (Wildman–Crippen MR) is 72.9 cm³/mol. The molecule has 1 aromatic carbocycles. The van der Waals surface area contributed by atoms with E-state index in [1.54, 1.807) is 0 Å². The van der Waals surface area contributed by atoms with Crippen LogP contribution in [0.25, 0.3) is 0 Å². The van der Waals surface area contributed by atoms with Crippen molar-refractivity contribution in [1.82, 2.24) is 0 Å². The van der Waals surface area contributed by atoms with Crippen LogP contribution < -0.4 is 5.32 Å². The Labute approximate surface area is 125 Å². The smallest absolute Gasteiger partial charge is 0.381 e. The molecule has 0 saturated carbocycles. The Morgan fingerprint density at radius 1 is 1.36 bits per heavy atom. The monoisotopic (exact) mass is 312 g/mol. The van der Waals surface area contributed by atoms with Crippen LogP contribution in [0.1, 0.15) is 30.4 Å². The van der Waals surface area contributed by atoms with E-state index in [2.05, 4.69) is 5.32 Å². The lowest BCUT2D eigenvalue weighted by molar-refractivity contribution is -0.137. The van der Waals surface area contributed by atoms with Gasteiger partial charge in [0.1, 0.15) is 0 Å². The molecule has 4 nitrogen and oxygen atoms in total. The highest BCUT2D eigenvalue weighted by Crippen LogP contribution is 2.33. The van der Waals surface area contributed by atoms with E-state index >= 15 is 0 Å². The number of anilines is 1. The van der Waals surface area contributed by atoms with Crippen LogP contribution in [0.3, 0.4) is 0 Å². The maximum atomic E-state index is 12.8. The average Bonchev–Trinajstić information content (AvgIpc) is 2.47. The molecule has 1 aromatic rings. The lowest BCUT2D eigenvalue weighted by Gasteiger charge is -2.21. The quantitative estimate of drug-likeness (QED) is 0.931. The van der Waals surface area contributed by atoms with Gasteiger partial charge in [-0.05, 0) is 37.0 Å². The second kappa shape index (κ2) is 6.79. The molecule has 0 spiro atoms. The van der Waals surface area contributed by atoms with E-state index in [-0.39, 0.29) is 23.9 Å². The van der Waals surface area contributed by atoms with E-state index in [1.165, 1.54) is 12.1 Å². The number of amides is 1. The number of benzene rings is 1. The van der Waals surface area contributed by atoms with Crippen molar-refractivity contribution >= 4 is 11.6 Å². The molecule has 0 bridgehead atoms. The van der Waals surface area contributed by atoms with Crippen LogP contribution in [0.5, 0.6) is 0 Å². The number of carbonyl (C=O) groups excluding carboxylic acids is 1. The van der Waals surface area contributed by atoms with Gasteiger partial charge in [-0.3, -0.25) is 4.79 Å². The molecule has 0 radical (unpaired) electrons. The standard InChI is InChI=1S/C15H15F3N2O2/c16-15(17,18)13-8-12(2-1-11(13)9-19)20-14(21)7-10-3-5-22-6-4-10/h1-2,8,10H,3-7H2,(H,20,21). The molecule has 2 rings (SSSR count). The number of hydrogen-bond donors (Lipinski definition) is 1. The molecular weight excluding hydrogens is 297 g/mol. The molecule has 1 heterocycles. The molecule has 1 aliphatic rings. The number of halogens is 3. The summed E-state index contributed by atoms with van der Waals surface area (Å²) in [6.45, 7) is 1.21. The highest BCUT2D eigenvalue weighted by molar-refractivity contribution is 5.91. The molecule has 0 aliphatic carbocycles. The van der Waals surface area contributed by atoms with Gasteiger partial charge in [-0.25, -0.2) is 0 Å². The summed E-state index contributed by atoms with van der Waals surface area (Å²) in [7, 11) is 0. The van der Waals surface area contributed by atoms with Crippen LogP contribution in [0.4, 0.5) is 18.9 Å². The van der Waals surface area contributed by atoms with E-state index in [9.17, 15) is 18.0 Å². The molecule has 1 amide bonds. The summed E-state index contributed by atoms with van der Waals surface area (Å²) in [5.74, 6) is -0.140. The maximum Gasteiger partial charge on any atom is 0.417 e. The van der Waals surface area contributed by atoms with Gasteiger partial charge in [-0.2, -0.15) is 18.4 Å². The van der Waals surface area contributed by atoms with Crippen molar-refractivity contribution < 1.29 is 22.7 Å². The lowest BCUT2D eigenvalue weighted by atomic mass is 9.96.